The number of rotatable bonds is 11. The summed E-state index contributed by atoms with van der Waals surface area (Å²) in [6.45, 7) is 9.95. The first kappa shape index (κ1) is 31.3. The highest BCUT2D eigenvalue weighted by atomic mass is 16.5. The molecule has 0 saturated carbocycles. The van der Waals surface area contributed by atoms with E-state index in [9.17, 15) is 19.5 Å². The summed E-state index contributed by atoms with van der Waals surface area (Å²) in [5.41, 5.74) is 0.855. The first-order valence-electron chi connectivity index (χ1n) is 14.0. The lowest BCUT2D eigenvalue weighted by Crippen LogP contribution is -2.52. The second-order valence-corrected chi connectivity index (χ2v) is 11.4. The van der Waals surface area contributed by atoms with E-state index in [2.05, 4.69) is 30.6 Å². The molecule has 0 aromatic carbocycles. The molecular formula is C29H46N2O8. The molecule has 39 heavy (non-hydrogen) atoms. The fourth-order valence-corrected chi connectivity index (χ4v) is 5.59. The molecule has 3 rings (SSSR count). The molecule has 0 aliphatic carbocycles. The molecule has 0 aromatic heterocycles. The van der Waals surface area contributed by atoms with E-state index >= 15 is 0 Å². The van der Waals surface area contributed by atoms with E-state index in [1.165, 1.54) is 25.7 Å². The molecule has 0 unspecified atom stereocenters. The molecule has 3 N–H and O–H groups in total. The Kier molecular flexibility index (Phi) is 11.1. The fourth-order valence-electron chi connectivity index (χ4n) is 5.59. The Morgan fingerprint density at radius 1 is 1.21 bits per heavy atom. The van der Waals surface area contributed by atoms with Gasteiger partial charge in [-0.25, -0.2) is 0 Å². The van der Waals surface area contributed by atoms with Crippen LogP contribution in [0.15, 0.2) is 23.8 Å². The summed E-state index contributed by atoms with van der Waals surface area (Å²) >= 11 is 0. The Balaban J connectivity index is 1.45. The molecule has 10 nitrogen and oxygen atoms in total. The van der Waals surface area contributed by atoms with Gasteiger partial charge in [-0.15, -0.1) is 0 Å². The number of allylic oxidation sites excluding steroid dienone is 1. The fraction of sp³-hybridized carbons (Fsp3) is 0.759. The summed E-state index contributed by atoms with van der Waals surface area (Å²) in [6, 6.07) is -0.103. The van der Waals surface area contributed by atoms with Gasteiger partial charge in [-0.3, -0.25) is 14.4 Å². The zero-order chi connectivity index (χ0) is 28.7. The van der Waals surface area contributed by atoms with Gasteiger partial charge < -0.3 is 34.7 Å². The predicted molar refractivity (Wildman–Crippen MR) is 145 cm³/mol. The standard InChI is InChI=1S/C29H46N2O8/c1-17(8-11-25-28(35)29(16-30-29)15-22(39-25)14-27(34)36-6)7-10-24-18(2)13-23(20(4)38-24)31-26(33)12-9-19(3)37-21(5)32/h7,9,12,18-20,22-25,28,30,35H,8,10-11,13-16H2,1-6H3,(H,31,33)/b12-9-,17-7+/t18-,19-,20+,22+,23+,24-,25+,28+,29+/m0/s1. The molecule has 3 fully saturated rings. The number of esters is 2. The summed E-state index contributed by atoms with van der Waals surface area (Å²) < 4.78 is 22.2. The molecule has 3 aliphatic heterocycles. The molecule has 0 bridgehead atoms. The lowest BCUT2D eigenvalue weighted by molar-refractivity contribution is -0.159. The van der Waals surface area contributed by atoms with E-state index < -0.39 is 12.2 Å². The number of aliphatic hydroxyl groups excluding tert-OH is 1. The third kappa shape index (κ3) is 9.13. The van der Waals surface area contributed by atoms with Crippen molar-refractivity contribution in [3.05, 3.63) is 23.8 Å². The highest BCUT2D eigenvalue weighted by Gasteiger charge is 2.56. The van der Waals surface area contributed by atoms with Crippen LogP contribution in [0.3, 0.4) is 0 Å². The van der Waals surface area contributed by atoms with Crippen molar-refractivity contribution in [1.29, 1.82) is 0 Å². The van der Waals surface area contributed by atoms with Crippen LogP contribution in [-0.2, 0) is 33.3 Å². The lowest BCUT2D eigenvalue weighted by atomic mass is 9.85. The van der Waals surface area contributed by atoms with Gasteiger partial charge in [0.1, 0.15) is 6.10 Å². The Hall–Kier alpha value is -2.27. The predicted octanol–water partition coefficient (Wildman–Crippen LogP) is 2.33. The average molecular weight is 551 g/mol. The molecule has 3 aliphatic rings. The van der Waals surface area contributed by atoms with Crippen LogP contribution in [0.2, 0.25) is 0 Å². The molecular weight excluding hydrogens is 504 g/mol. The number of hydrogen-bond donors (Lipinski definition) is 3. The number of nitrogens with one attached hydrogen (secondary N) is 2. The van der Waals surface area contributed by atoms with Gasteiger partial charge in [0.15, 0.2) is 0 Å². The van der Waals surface area contributed by atoms with Crippen molar-refractivity contribution in [3.8, 4) is 0 Å². The zero-order valence-corrected chi connectivity index (χ0v) is 24.1. The van der Waals surface area contributed by atoms with Crippen LogP contribution < -0.4 is 10.6 Å². The number of carbonyl (C=O) groups is 3. The van der Waals surface area contributed by atoms with Crippen molar-refractivity contribution in [1.82, 2.24) is 10.6 Å². The Bertz CT molecular complexity index is 930. The second-order valence-electron chi connectivity index (χ2n) is 11.4. The minimum Gasteiger partial charge on any atom is -0.469 e. The number of amides is 1. The van der Waals surface area contributed by atoms with Gasteiger partial charge >= 0.3 is 11.9 Å². The third-order valence-corrected chi connectivity index (χ3v) is 8.07. The van der Waals surface area contributed by atoms with Crippen LogP contribution in [-0.4, -0.2) is 84.8 Å². The maximum atomic E-state index is 12.3. The smallest absolute Gasteiger partial charge is 0.308 e. The number of methoxy groups -OCH3 is 1. The molecule has 0 aromatic rings. The van der Waals surface area contributed by atoms with E-state index in [-0.39, 0.29) is 66.2 Å². The van der Waals surface area contributed by atoms with Crippen molar-refractivity contribution in [3.63, 3.8) is 0 Å². The summed E-state index contributed by atoms with van der Waals surface area (Å²) in [7, 11) is 1.37. The minimum atomic E-state index is -0.603. The van der Waals surface area contributed by atoms with Crippen LogP contribution in [0.5, 0.6) is 0 Å². The van der Waals surface area contributed by atoms with Gasteiger partial charge in [0.25, 0.3) is 0 Å². The number of ether oxygens (including phenoxy) is 4. The first-order chi connectivity index (χ1) is 18.4. The first-order valence-corrected chi connectivity index (χ1v) is 14.0. The topological polar surface area (TPSA) is 142 Å². The number of carbonyl (C=O) groups excluding carboxylic acids is 3. The molecule has 3 saturated heterocycles. The monoisotopic (exact) mass is 550 g/mol. The van der Waals surface area contributed by atoms with Crippen LogP contribution in [0, 0.1) is 5.92 Å². The maximum Gasteiger partial charge on any atom is 0.308 e. The number of hydrogen-bond acceptors (Lipinski definition) is 9. The lowest BCUT2D eigenvalue weighted by Gasteiger charge is -2.39. The van der Waals surface area contributed by atoms with E-state index in [0.717, 1.165) is 25.8 Å². The van der Waals surface area contributed by atoms with E-state index in [0.29, 0.717) is 12.8 Å². The summed E-state index contributed by atoms with van der Waals surface area (Å²) in [5.74, 6) is -0.674. The second kappa shape index (κ2) is 13.9. The molecule has 220 valence electrons. The summed E-state index contributed by atoms with van der Waals surface area (Å²) in [4.78, 5) is 35.1. The quantitative estimate of drug-likeness (QED) is 0.153. The van der Waals surface area contributed by atoms with Gasteiger partial charge in [0.2, 0.25) is 5.91 Å². The normalized spacial score (nSPS) is 35.5. The van der Waals surface area contributed by atoms with Gasteiger partial charge in [0, 0.05) is 19.5 Å². The Morgan fingerprint density at radius 3 is 2.56 bits per heavy atom. The highest BCUT2D eigenvalue weighted by Crippen LogP contribution is 2.39. The molecule has 10 heteroatoms. The summed E-state index contributed by atoms with van der Waals surface area (Å²) in [5, 5.41) is 17.2. The Morgan fingerprint density at radius 2 is 1.92 bits per heavy atom. The van der Waals surface area contributed by atoms with Crippen molar-refractivity contribution in [2.24, 2.45) is 5.92 Å². The SMILES string of the molecule is COC(=O)C[C@@H]1C[C@@]2(CN2)[C@H](O)[C@@H](CC/C(C)=C/C[C@@H]2O[C@H](C)[C@H](NC(=O)/C=C\[C@H](C)OC(C)=O)C[C@@H]2C)O1. The molecule has 9 atom stereocenters. The third-order valence-electron chi connectivity index (χ3n) is 8.07. The molecule has 1 spiro atoms. The van der Waals surface area contributed by atoms with Crippen molar-refractivity contribution >= 4 is 17.8 Å². The molecule has 1 amide bonds. The molecule has 0 radical (unpaired) electrons. The molecule has 3 heterocycles. The van der Waals surface area contributed by atoms with Crippen LogP contribution >= 0.6 is 0 Å². The zero-order valence-electron chi connectivity index (χ0n) is 24.1. The highest BCUT2D eigenvalue weighted by molar-refractivity contribution is 5.87. The van der Waals surface area contributed by atoms with E-state index in [1.54, 1.807) is 13.0 Å². The Labute approximate surface area is 231 Å². The van der Waals surface area contributed by atoms with Crippen LogP contribution in [0.4, 0.5) is 0 Å². The van der Waals surface area contributed by atoms with Gasteiger partial charge in [-0.1, -0.05) is 18.6 Å². The van der Waals surface area contributed by atoms with Gasteiger partial charge in [-0.2, -0.15) is 0 Å². The average Bonchev–Trinajstić information content (AvgIpc) is 3.64. The minimum absolute atomic E-state index is 0.0440. The summed E-state index contributed by atoms with van der Waals surface area (Å²) in [6.07, 6.45) is 7.19. The van der Waals surface area contributed by atoms with Crippen LogP contribution in [0.25, 0.3) is 0 Å². The van der Waals surface area contributed by atoms with Crippen LogP contribution in [0.1, 0.15) is 73.1 Å². The van der Waals surface area contributed by atoms with Crippen molar-refractivity contribution in [2.45, 2.75) is 121 Å². The van der Waals surface area contributed by atoms with E-state index in [4.69, 9.17) is 18.9 Å². The van der Waals surface area contributed by atoms with Crippen molar-refractivity contribution in [2.75, 3.05) is 13.7 Å². The van der Waals surface area contributed by atoms with E-state index in [1.807, 2.05) is 6.92 Å². The number of aliphatic hydroxyl groups is 1. The largest absolute Gasteiger partial charge is 0.469 e. The maximum absolute atomic E-state index is 12.3. The van der Waals surface area contributed by atoms with Gasteiger partial charge in [0.05, 0.1) is 55.6 Å². The van der Waals surface area contributed by atoms with Gasteiger partial charge in [-0.05, 0) is 64.9 Å². The van der Waals surface area contributed by atoms with Crippen molar-refractivity contribution < 1.29 is 38.4 Å².